The zero-order valence-electron chi connectivity index (χ0n) is 24.6. The summed E-state index contributed by atoms with van der Waals surface area (Å²) in [4.78, 5) is 17.5. The maximum atomic E-state index is 5.10. The number of fused-ring (bicyclic) bond motifs is 8. The van der Waals surface area contributed by atoms with Crippen molar-refractivity contribution < 1.29 is 0 Å². The Bertz CT molecular complexity index is 2270. The maximum Gasteiger partial charge on any atom is 0.0736 e. The van der Waals surface area contributed by atoms with Crippen molar-refractivity contribution in [3.05, 3.63) is 141 Å². The van der Waals surface area contributed by atoms with Gasteiger partial charge in [-0.3, -0.25) is 0 Å². The number of rotatable bonds is 4. The molecule has 0 saturated carbocycles. The summed E-state index contributed by atoms with van der Waals surface area (Å²) in [6.07, 6.45) is 8.39. The van der Waals surface area contributed by atoms with Crippen LogP contribution in [0.4, 0.5) is 0 Å². The minimum Gasteiger partial charge on any atom is -0.355 e. The van der Waals surface area contributed by atoms with Crippen LogP contribution in [0, 0.1) is 0 Å². The fourth-order valence-corrected chi connectivity index (χ4v) is 7.53. The number of H-pyrrole nitrogens is 2. The van der Waals surface area contributed by atoms with Crippen molar-refractivity contribution in [3.63, 3.8) is 0 Å². The van der Waals surface area contributed by atoms with Crippen LogP contribution >= 0.6 is 22.7 Å². The Morgan fingerprint density at radius 2 is 0.848 bits per heavy atom. The number of nitrogens with one attached hydrogen (secondary N) is 2. The minimum absolute atomic E-state index is 0.900. The van der Waals surface area contributed by atoms with Crippen LogP contribution < -0.4 is 0 Å². The van der Waals surface area contributed by atoms with Crippen LogP contribution in [-0.4, -0.2) is 19.9 Å². The number of nitrogens with zero attached hydrogens (tertiary/aromatic N) is 2. The van der Waals surface area contributed by atoms with Gasteiger partial charge < -0.3 is 9.97 Å². The lowest BCUT2D eigenvalue weighted by Crippen LogP contribution is -1.86. The van der Waals surface area contributed by atoms with E-state index in [-0.39, 0.29) is 0 Å². The molecule has 6 heteroatoms. The Morgan fingerprint density at radius 3 is 1.26 bits per heavy atom. The van der Waals surface area contributed by atoms with Crippen LogP contribution in [0.25, 0.3) is 90.9 Å². The second-order valence-corrected chi connectivity index (χ2v) is 12.9. The highest BCUT2D eigenvalue weighted by molar-refractivity contribution is 7.08. The first kappa shape index (κ1) is 26.8. The lowest BCUT2D eigenvalue weighted by molar-refractivity contribution is 1.31. The normalized spacial score (nSPS) is 12.2. The number of benzene rings is 2. The third-order valence-electron chi connectivity index (χ3n) is 8.45. The second-order valence-electron chi connectivity index (χ2n) is 11.4. The molecule has 7 aromatic rings. The lowest BCUT2D eigenvalue weighted by atomic mass is 10.0. The molecule has 0 spiro atoms. The van der Waals surface area contributed by atoms with E-state index in [1.54, 1.807) is 22.7 Å². The van der Waals surface area contributed by atoms with Gasteiger partial charge in [-0.2, -0.15) is 22.7 Å². The van der Waals surface area contributed by atoms with Gasteiger partial charge >= 0.3 is 0 Å². The van der Waals surface area contributed by atoms with E-state index in [4.69, 9.17) is 9.97 Å². The van der Waals surface area contributed by atoms with Gasteiger partial charge in [0, 0.05) is 33.2 Å². The summed E-state index contributed by atoms with van der Waals surface area (Å²) < 4.78 is 0. The average molecular weight is 627 g/mol. The second kappa shape index (κ2) is 11.1. The summed E-state index contributed by atoms with van der Waals surface area (Å²) in [5.41, 5.74) is 16.9. The van der Waals surface area contributed by atoms with Gasteiger partial charge in [0.2, 0.25) is 0 Å². The van der Waals surface area contributed by atoms with Gasteiger partial charge in [-0.25, -0.2) is 9.97 Å². The summed E-state index contributed by atoms with van der Waals surface area (Å²) in [6.45, 7) is 0. The fourth-order valence-electron chi connectivity index (χ4n) is 6.20. The minimum atomic E-state index is 0.900. The predicted molar refractivity (Wildman–Crippen MR) is 196 cm³/mol. The molecule has 2 aliphatic heterocycles. The first-order valence-corrected chi connectivity index (χ1v) is 17.0. The number of aromatic amines is 2. The Labute approximate surface area is 273 Å². The van der Waals surface area contributed by atoms with Gasteiger partial charge in [-0.15, -0.1) is 0 Å². The van der Waals surface area contributed by atoms with Crippen molar-refractivity contribution in [3.8, 4) is 44.5 Å². The summed E-state index contributed by atoms with van der Waals surface area (Å²) in [6, 6.07) is 34.5. The first-order valence-electron chi connectivity index (χ1n) is 15.1. The molecule has 0 radical (unpaired) electrons. The molecule has 4 nitrogen and oxygen atoms in total. The fraction of sp³-hybridized carbons (Fsp3) is 0. The topological polar surface area (TPSA) is 57.4 Å². The van der Waals surface area contributed by atoms with Crippen LogP contribution in [0.15, 0.2) is 119 Å². The zero-order chi connectivity index (χ0) is 30.5. The smallest absolute Gasteiger partial charge is 0.0736 e. The Hall–Kier alpha value is -5.56. The molecule has 8 bridgehead atoms. The maximum absolute atomic E-state index is 5.10. The Kier molecular flexibility index (Phi) is 6.47. The molecule has 5 aromatic heterocycles. The van der Waals surface area contributed by atoms with Gasteiger partial charge in [-0.05, 0) is 128 Å². The van der Waals surface area contributed by atoms with Crippen LogP contribution in [0.5, 0.6) is 0 Å². The molecule has 2 aliphatic rings. The van der Waals surface area contributed by atoms with E-state index in [1.165, 1.54) is 22.3 Å². The monoisotopic (exact) mass is 626 g/mol. The third kappa shape index (κ3) is 4.94. The highest BCUT2D eigenvalue weighted by Crippen LogP contribution is 2.34. The van der Waals surface area contributed by atoms with Crippen molar-refractivity contribution in [1.29, 1.82) is 0 Å². The largest absolute Gasteiger partial charge is 0.355 e. The third-order valence-corrected chi connectivity index (χ3v) is 9.82. The van der Waals surface area contributed by atoms with Crippen molar-refractivity contribution >= 4 is 69.0 Å². The highest BCUT2D eigenvalue weighted by atomic mass is 32.1. The molecule has 7 heterocycles. The molecule has 2 N–H and O–H groups in total. The number of hydrogen-bond acceptors (Lipinski definition) is 4. The van der Waals surface area contributed by atoms with E-state index in [2.05, 4.69) is 153 Å². The van der Waals surface area contributed by atoms with E-state index < -0.39 is 0 Å². The predicted octanol–water partition coefficient (Wildman–Crippen LogP) is 11.4. The van der Waals surface area contributed by atoms with Crippen molar-refractivity contribution in [2.75, 3.05) is 0 Å². The lowest BCUT2D eigenvalue weighted by Gasteiger charge is -2.06. The van der Waals surface area contributed by atoms with E-state index >= 15 is 0 Å². The van der Waals surface area contributed by atoms with Crippen LogP contribution in [0.3, 0.4) is 0 Å². The van der Waals surface area contributed by atoms with Crippen molar-refractivity contribution in [2.24, 2.45) is 0 Å². The molecular formula is C40H26N4S2. The molecule has 0 saturated heterocycles. The van der Waals surface area contributed by atoms with Crippen LogP contribution in [-0.2, 0) is 0 Å². The van der Waals surface area contributed by atoms with E-state index in [0.717, 1.165) is 67.1 Å². The van der Waals surface area contributed by atoms with Crippen LogP contribution in [0.1, 0.15) is 22.8 Å². The molecule has 0 aliphatic carbocycles. The molecule has 2 aromatic carbocycles. The molecule has 0 atom stereocenters. The molecule has 46 heavy (non-hydrogen) atoms. The summed E-state index contributed by atoms with van der Waals surface area (Å²) in [7, 11) is 0. The molecule has 0 amide bonds. The summed E-state index contributed by atoms with van der Waals surface area (Å²) >= 11 is 3.43. The molecule has 0 unspecified atom stereocenters. The highest BCUT2D eigenvalue weighted by Gasteiger charge is 2.14. The summed E-state index contributed by atoms with van der Waals surface area (Å²) in [5.74, 6) is 0. The molecule has 218 valence electrons. The van der Waals surface area contributed by atoms with Gasteiger partial charge in [0.15, 0.2) is 0 Å². The molecular weight excluding hydrogens is 601 g/mol. The van der Waals surface area contributed by atoms with E-state index in [1.807, 2.05) is 0 Å². The van der Waals surface area contributed by atoms with Gasteiger partial charge in [0.05, 0.1) is 22.8 Å². The average Bonchev–Trinajstić information content (AvgIpc) is 3.92. The van der Waals surface area contributed by atoms with Gasteiger partial charge in [0.1, 0.15) is 0 Å². The van der Waals surface area contributed by atoms with E-state index in [0.29, 0.717) is 0 Å². The van der Waals surface area contributed by atoms with Crippen LogP contribution in [0.2, 0.25) is 0 Å². The zero-order valence-corrected chi connectivity index (χ0v) is 26.2. The number of hydrogen-bond donors (Lipinski definition) is 2. The quantitative estimate of drug-likeness (QED) is 0.204. The number of aromatic nitrogens is 4. The molecule has 9 rings (SSSR count). The van der Waals surface area contributed by atoms with E-state index in [9.17, 15) is 0 Å². The van der Waals surface area contributed by atoms with Gasteiger partial charge in [0.25, 0.3) is 0 Å². The van der Waals surface area contributed by atoms with Gasteiger partial charge in [-0.1, -0.05) is 48.5 Å². The molecule has 0 fully saturated rings. The SMILES string of the molecule is C1=Cc2nc1cc1ccc([nH]1)c(-c1ccc(-c3ccsc3)cc1)c1nc(cc3ccc([nH]3)c2-c2ccc(-c3ccsc3)cc2)C=C1. The van der Waals surface area contributed by atoms with Crippen molar-refractivity contribution in [1.82, 2.24) is 19.9 Å². The standard InChI is InChI=1S/C40H26N4S2/c1-5-27(6-2-25(1)29-17-19-45-23-29)39-35-13-9-31(41-35)21-33-11-15-37(43-33)40(28-7-3-26(4-8-28)30-18-20-46-24-30)38-16-12-34(44-38)22-32-10-14-36(39)42-32/h1-24,41,44H. The van der Waals surface area contributed by atoms with Crippen molar-refractivity contribution in [2.45, 2.75) is 0 Å². The summed E-state index contributed by atoms with van der Waals surface area (Å²) in [5, 5.41) is 8.59. The Morgan fingerprint density at radius 1 is 0.413 bits per heavy atom. The Balaban J connectivity index is 1.24. The number of thiophene rings is 2. The first-order chi connectivity index (χ1) is 22.7.